The van der Waals surface area contributed by atoms with Crippen LogP contribution in [-0.4, -0.2) is 105 Å². The van der Waals surface area contributed by atoms with E-state index in [0.29, 0.717) is 12.2 Å². The molecule has 1 saturated heterocycles. The van der Waals surface area contributed by atoms with Gasteiger partial charge in [0.1, 0.15) is 17.5 Å². The number of nitrogens with one attached hydrogen (secondary N) is 1. The number of piperazine rings is 1. The summed E-state index contributed by atoms with van der Waals surface area (Å²) in [4.78, 5) is 44.0. The van der Waals surface area contributed by atoms with Crippen molar-refractivity contribution in [3.63, 3.8) is 0 Å². The van der Waals surface area contributed by atoms with Crippen molar-refractivity contribution in [2.45, 2.75) is 31.0 Å². The van der Waals surface area contributed by atoms with Crippen molar-refractivity contribution in [2.75, 3.05) is 38.1 Å². The number of pyridine rings is 1. The summed E-state index contributed by atoms with van der Waals surface area (Å²) in [5.41, 5.74) is 11.1. The van der Waals surface area contributed by atoms with Crippen LogP contribution in [-0.2, 0) is 20.8 Å². The molecule has 1 aliphatic heterocycles. The Hall–Kier alpha value is -5.51. The molecule has 2 aromatic heterocycles. The predicted octanol–water partition coefficient (Wildman–Crippen LogP) is 5.66. The van der Waals surface area contributed by atoms with E-state index < -0.39 is 36.4 Å². The molecule has 290 valence electrons. The lowest BCUT2D eigenvalue weighted by Gasteiger charge is -2.33. The number of anilines is 1. The van der Waals surface area contributed by atoms with E-state index >= 15 is 0 Å². The van der Waals surface area contributed by atoms with Crippen molar-refractivity contribution in [3.05, 3.63) is 78.0 Å². The number of fused-ring (bicyclic) bond motifs is 1. The Morgan fingerprint density at radius 2 is 1.30 bits per heavy atom. The van der Waals surface area contributed by atoms with Gasteiger partial charge in [0.25, 0.3) is 0 Å². The van der Waals surface area contributed by atoms with Gasteiger partial charge >= 0.3 is 36.4 Å². The highest BCUT2D eigenvalue weighted by atomic mass is 19.4. The van der Waals surface area contributed by atoms with E-state index in [2.05, 4.69) is 51.1 Å². The zero-order valence-corrected chi connectivity index (χ0v) is 27.1. The minimum Gasteiger partial charge on any atom is -0.475 e. The van der Waals surface area contributed by atoms with Crippen molar-refractivity contribution in [1.29, 1.82) is 0 Å². The van der Waals surface area contributed by atoms with Gasteiger partial charge < -0.3 is 35.8 Å². The molecule has 0 saturated carbocycles. The molecule has 3 heterocycles. The van der Waals surface area contributed by atoms with E-state index in [0.717, 1.165) is 59.7 Å². The summed E-state index contributed by atoms with van der Waals surface area (Å²) in [6, 6.07) is 16.5. The number of H-pyrrole nitrogens is 1. The van der Waals surface area contributed by atoms with E-state index in [1.807, 2.05) is 18.3 Å². The van der Waals surface area contributed by atoms with Crippen molar-refractivity contribution in [3.8, 4) is 11.1 Å². The fourth-order valence-corrected chi connectivity index (χ4v) is 4.18. The summed E-state index contributed by atoms with van der Waals surface area (Å²) < 4.78 is 109. The zero-order chi connectivity index (χ0) is 40.3. The second kappa shape index (κ2) is 18.3. The zero-order valence-electron chi connectivity index (χ0n) is 27.1. The summed E-state index contributed by atoms with van der Waals surface area (Å²) in [6.45, 7) is 4.12. The first-order chi connectivity index (χ1) is 24.4. The van der Waals surface area contributed by atoms with E-state index in [1.54, 1.807) is 6.07 Å². The summed E-state index contributed by atoms with van der Waals surface area (Å²) in [6.07, 6.45) is -12.8. The molecule has 0 spiro atoms. The summed E-state index contributed by atoms with van der Waals surface area (Å²) in [5, 5.41) is 21.4. The maximum atomic E-state index is 13.5. The lowest BCUT2D eigenvalue weighted by atomic mass is 10.1. The van der Waals surface area contributed by atoms with Gasteiger partial charge in [0.2, 0.25) is 0 Å². The largest absolute Gasteiger partial charge is 0.490 e. The molecule has 1 fully saturated rings. The molecule has 0 amide bonds. The summed E-state index contributed by atoms with van der Waals surface area (Å²) >= 11 is 0. The molecule has 0 unspecified atom stereocenters. The molecular formula is C31H30F10N6O6. The molecule has 6 N–H and O–H groups in total. The lowest BCUT2D eigenvalue weighted by molar-refractivity contribution is -0.193. The minimum atomic E-state index is -5.08. The number of hydrogen-bond donors (Lipinski definition) is 5. The Kier molecular flexibility index (Phi) is 15.1. The van der Waals surface area contributed by atoms with Crippen LogP contribution < -0.4 is 10.6 Å². The van der Waals surface area contributed by atoms with Gasteiger partial charge in [0, 0.05) is 37.9 Å². The van der Waals surface area contributed by atoms with Gasteiger partial charge in [-0.2, -0.15) is 39.5 Å². The van der Waals surface area contributed by atoms with Crippen molar-refractivity contribution in [2.24, 2.45) is 5.73 Å². The van der Waals surface area contributed by atoms with Crippen LogP contribution >= 0.6 is 0 Å². The summed E-state index contributed by atoms with van der Waals surface area (Å²) in [7, 11) is 2.15. The standard InChI is InChI=1S/C25H27FN6.3C2HF3O2/c1-31-9-11-32(12-10-31)24-8-6-19(16-28-24)18-5-7-22-23(15-18)30-25(29-22)21(27)14-17-3-2-4-20(26)13-17;3*3-2(4,5)1(6)7/h2-8,13,15-16,21H,9-12,14,27H2,1H3,(H,29,30);3*(H,6,7)/t21-;;;/m1.../s1. The van der Waals surface area contributed by atoms with Crippen LogP contribution in [0.4, 0.5) is 49.7 Å². The Morgan fingerprint density at radius 3 is 1.75 bits per heavy atom. The fourth-order valence-electron chi connectivity index (χ4n) is 4.18. The molecule has 0 bridgehead atoms. The van der Waals surface area contributed by atoms with Crippen LogP contribution in [0, 0.1) is 5.82 Å². The Bertz CT molecular complexity index is 1770. The van der Waals surface area contributed by atoms with Gasteiger partial charge in [0.15, 0.2) is 0 Å². The number of carboxylic acid groups (broad SMARTS) is 3. The third kappa shape index (κ3) is 14.6. The first-order valence-corrected chi connectivity index (χ1v) is 14.7. The topological polar surface area (TPSA) is 186 Å². The van der Waals surface area contributed by atoms with E-state index in [9.17, 15) is 43.9 Å². The monoisotopic (exact) mass is 772 g/mol. The van der Waals surface area contributed by atoms with Gasteiger partial charge in [-0.3, -0.25) is 0 Å². The van der Waals surface area contributed by atoms with Crippen LogP contribution in [0.15, 0.2) is 60.8 Å². The molecule has 12 nitrogen and oxygen atoms in total. The Balaban J connectivity index is 0.000000379. The van der Waals surface area contributed by atoms with Crippen LogP contribution in [0.2, 0.25) is 0 Å². The number of hydrogen-bond acceptors (Lipinski definition) is 8. The normalized spacial score (nSPS) is 14.1. The maximum Gasteiger partial charge on any atom is 0.490 e. The third-order valence-corrected chi connectivity index (χ3v) is 6.83. The maximum absolute atomic E-state index is 13.5. The highest BCUT2D eigenvalue weighted by molar-refractivity contribution is 5.82. The number of aromatic amines is 1. The fraction of sp³-hybridized carbons (Fsp3) is 0.323. The number of aliphatic carboxylic acids is 3. The highest BCUT2D eigenvalue weighted by Crippen LogP contribution is 2.26. The average Bonchev–Trinajstić information content (AvgIpc) is 3.49. The van der Waals surface area contributed by atoms with Crippen LogP contribution in [0.5, 0.6) is 0 Å². The molecule has 1 atom stereocenters. The molecule has 22 heteroatoms. The number of carbonyl (C=O) groups is 3. The Morgan fingerprint density at radius 1 is 0.792 bits per heavy atom. The number of nitrogens with zero attached hydrogens (tertiary/aromatic N) is 4. The molecule has 5 rings (SSSR count). The van der Waals surface area contributed by atoms with Crippen molar-refractivity contribution < 1.29 is 73.6 Å². The van der Waals surface area contributed by atoms with Gasteiger partial charge in [-0.05, 0) is 61.0 Å². The molecular weight excluding hydrogens is 742 g/mol. The molecule has 53 heavy (non-hydrogen) atoms. The summed E-state index contributed by atoms with van der Waals surface area (Å²) in [5.74, 6) is -6.80. The second-order valence-electron chi connectivity index (χ2n) is 10.9. The van der Waals surface area contributed by atoms with Gasteiger partial charge in [0.05, 0.1) is 17.1 Å². The number of carboxylic acids is 3. The highest BCUT2D eigenvalue weighted by Gasteiger charge is 2.39. The van der Waals surface area contributed by atoms with Crippen LogP contribution in [0.1, 0.15) is 17.4 Å². The van der Waals surface area contributed by atoms with E-state index in [-0.39, 0.29) is 11.9 Å². The van der Waals surface area contributed by atoms with Gasteiger partial charge in [-0.25, -0.2) is 28.7 Å². The molecule has 0 radical (unpaired) electrons. The number of rotatable bonds is 5. The van der Waals surface area contributed by atoms with Gasteiger partial charge in [-0.1, -0.05) is 18.2 Å². The molecule has 4 aromatic rings. The van der Waals surface area contributed by atoms with Crippen molar-refractivity contribution >= 4 is 34.8 Å². The predicted molar refractivity (Wildman–Crippen MR) is 167 cm³/mol. The number of halogens is 10. The number of alkyl halides is 9. The number of aromatic nitrogens is 3. The van der Waals surface area contributed by atoms with Gasteiger partial charge in [-0.15, -0.1) is 0 Å². The minimum absolute atomic E-state index is 0.254. The number of benzene rings is 2. The average molecular weight is 773 g/mol. The van der Waals surface area contributed by atoms with E-state index in [1.165, 1.54) is 12.1 Å². The quantitative estimate of drug-likeness (QED) is 0.158. The third-order valence-electron chi connectivity index (χ3n) is 6.83. The smallest absolute Gasteiger partial charge is 0.475 e. The number of likely N-dealkylation sites (N-methyl/N-ethyl adjacent to an activating group) is 1. The number of imidazole rings is 1. The number of nitrogens with two attached hydrogens (primary N) is 1. The molecule has 2 aromatic carbocycles. The lowest BCUT2D eigenvalue weighted by Crippen LogP contribution is -2.44. The van der Waals surface area contributed by atoms with Crippen molar-refractivity contribution in [1.82, 2.24) is 19.9 Å². The molecule has 0 aliphatic carbocycles. The SMILES string of the molecule is CN1CCN(c2ccc(-c3ccc4nc([C@H](N)Cc5cccc(F)c5)[nH]c4c3)cn2)CC1.O=C(O)C(F)(F)F.O=C(O)C(F)(F)F.O=C(O)C(F)(F)F. The van der Waals surface area contributed by atoms with Crippen LogP contribution in [0.25, 0.3) is 22.2 Å². The Labute approximate surface area is 292 Å². The molecule has 1 aliphatic rings. The first kappa shape index (κ1) is 43.7. The first-order valence-electron chi connectivity index (χ1n) is 14.7. The van der Waals surface area contributed by atoms with E-state index in [4.69, 9.17) is 40.4 Å². The second-order valence-corrected chi connectivity index (χ2v) is 10.9. The van der Waals surface area contributed by atoms with Crippen LogP contribution in [0.3, 0.4) is 0 Å².